The summed E-state index contributed by atoms with van der Waals surface area (Å²) >= 11 is 7.38. The molecule has 0 aliphatic carbocycles. The molecule has 0 saturated heterocycles. The van der Waals surface area contributed by atoms with E-state index in [-0.39, 0.29) is 6.54 Å². The molecule has 1 atom stereocenters. The zero-order chi connectivity index (χ0) is 18.9. The van der Waals surface area contributed by atoms with Crippen LogP contribution in [0.4, 0.5) is 9.80 Å². The molecule has 1 aromatic heterocycles. The predicted molar refractivity (Wildman–Crippen MR) is 103 cm³/mol. The Morgan fingerprint density at radius 3 is 2.62 bits per heavy atom. The Labute approximate surface area is 160 Å². The minimum absolute atomic E-state index is 0.0911. The number of carbonyl (C=O) groups excluding carboxylic acids is 2. The number of anilines is 1. The molecule has 2 amide bonds. The lowest BCUT2D eigenvalue weighted by Crippen LogP contribution is -2.42. The van der Waals surface area contributed by atoms with E-state index >= 15 is 0 Å². The van der Waals surface area contributed by atoms with E-state index in [4.69, 9.17) is 16.3 Å². The second kappa shape index (κ2) is 7.09. The number of nitrogens with one attached hydrogen (secondary N) is 1. The molecule has 0 saturated carbocycles. The SMILES string of the molecule is COC(=O)C1(C)CN(C(=O)Nc2cc(C)cs2)N=C1c1ccc(Cl)cc1. The highest BCUT2D eigenvalue weighted by atomic mass is 35.5. The predicted octanol–water partition coefficient (Wildman–Crippen LogP) is 4.14. The fourth-order valence-electron chi connectivity index (χ4n) is 2.80. The molecule has 26 heavy (non-hydrogen) atoms. The van der Waals surface area contributed by atoms with Crippen molar-refractivity contribution in [1.29, 1.82) is 0 Å². The van der Waals surface area contributed by atoms with Gasteiger partial charge in [0, 0.05) is 5.02 Å². The van der Waals surface area contributed by atoms with Gasteiger partial charge in [-0.05, 0) is 48.6 Å². The molecule has 2 heterocycles. The highest BCUT2D eigenvalue weighted by molar-refractivity contribution is 7.14. The number of urea groups is 1. The first-order valence-corrected chi connectivity index (χ1v) is 9.16. The van der Waals surface area contributed by atoms with Gasteiger partial charge in [-0.15, -0.1) is 11.3 Å². The minimum atomic E-state index is -1.06. The summed E-state index contributed by atoms with van der Waals surface area (Å²) in [7, 11) is 1.32. The summed E-state index contributed by atoms with van der Waals surface area (Å²) in [4.78, 5) is 25.0. The van der Waals surface area contributed by atoms with Gasteiger partial charge < -0.3 is 4.74 Å². The van der Waals surface area contributed by atoms with Gasteiger partial charge in [0.15, 0.2) is 0 Å². The summed E-state index contributed by atoms with van der Waals surface area (Å²) in [5, 5.41) is 11.7. The van der Waals surface area contributed by atoms with Gasteiger partial charge >= 0.3 is 12.0 Å². The molecular formula is C18H18ClN3O3S. The smallest absolute Gasteiger partial charge is 0.342 e. The number of esters is 1. The maximum Gasteiger partial charge on any atom is 0.342 e. The maximum atomic E-state index is 12.6. The lowest BCUT2D eigenvalue weighted by atomic mass is 9.82. The molecule has 1 aliphatic heterocycles. The number of ether oxygens (including phenoxy) is 1. The number of carbonyl (C=O) groups is 2. The van der Waals surface area contributed by atoms with Crippen molar-refractivity contribution in [1.82, 2.24) is 5.01 Å². The van der Waals surface area contributed by atoms with E-state index < -0.39 is 17.4 Å². The molecule has 0 spiro atoms. The Morgan fingerprint density at radius 1 is 1.35 bits per heavy atom. The number of hydrogen-bond donors (Lipinski definition) is 1. The number of hydrogen-bond acceptors (Lipinski definition) is 5. The average molecular weight is 392 g/mol. The molecule has 3 rings (SSSR count). The third kappa shape index (κ3) is 3.45. The molecule has 8 heteroatoms. The van der Waals surface area contributed by atoms with Crippen molar-refractivity contribution in [2.45, 2.75) is 13.8 Å². The van der Waals surface area contributed by atoms with Gasteiger partial charge in [0.2, 0.25) is 0 Å². The molecule has 1 N–H and O–H groups in total. The zero-order valence-corrected chi connectivity index (χ0v) is 16.1. The van der Waals surface area contributed by atoms with E-state index in [0.29, 0.717) is 16.3 Å². The monoisotopic (exact) mass is 391 g/mol. The van der Waals surface area contributed by atoms with Gasteiger partial charge in [0.1, 0.15) is 5.41 Å². The Morgan fingerprint density at radius 2 is 2.04 bits per heavy atom. The van der Waals surface area contributed by atoms with E-state index in [1.54, 1.807) is 31.2 Å². The van der Waals surface area contributed by atoms with Gasteiger partial charge in [-0.3, -0.25) is 10.1 Å². The fourth-order valence-corrected chi connectivity index (χ4v) is 3.70. The fraction of sp³-hybridized carbons (Fsp3) is 0.278. The van der Waals surface area contributed by atoms with Gasteiger partial charge in [-0.25, -0.2) is 9.80 Å². The highest BCUT2D eigenvalue weighted by Crippen LogP contribution is 2.33. The number of aryl methyl sites for hydroxylation is 1. The van der Waals surface area contributed by atoms with Crippen molar-refractivity contribution < 1.29 is 14.3 Å². The van der Waals surface area contributed by atoms with Crippen molar-refractivity contribution >= 4 is 45.7 Å². The Hall–Kier alpha value is -2.38. The van der Waals surface area contributed by atoms with E-state index in [1.807, 2.05) is 18.4 Å². The van der Waals surface area contributed by atoms with Crippen LogP contribution in [0.1, 0.15) is 18.1 Å². The summed E-state index contributed by atoms with van der Waals surface area (Å²) in [5.41, 5.74) is 1.19. The largest absolute Gasteiger partial charge is 0.468 e. The third-order valence-corrected chi connectivity index (χ3v) is 5.37. The Bertz CT molecular complexity index is 878. The van der Waals surface area contributed by atoms with Gasteiger partial charge in [0.05, 0.1) is 24.4 Å². The van der Waals surface area contributed by atoms with Crippen molar-refractivity contribution in [3.05, 3.63) is 51.9 Å². The number of amides is 2. The van der Waals surface area contributed by atoms with Crippen LogP contribution >= 0.6 is 22.9 Å². The topological polar surface area (TPSA) is 71.0 Å². The first-order chi connectivity index (χ1) is 12.3. The van der Waals surface area contributed by atoms with Crippen LogP contribution in [0.3, 0.4) is 0 Å². The quantitative estimate of drug-likeness (QED) is 0.799. The third-order valence-electron chi connectivity index (χ3n) is 4.16. The lowest BCUT2D eigenvalue weighted by molar-refractivity contribution is -0.147. The lowest BCUT2D eigenvalue weighted by Gasteiger charge is -2.23. The number of rotatable bonds is 3. The molecule has 1 unspecified atom stereocenters. The standard InChI is InChI=1S/C18H18ClN3O3S/c1-11-8-14(26-9-11)20-17(24)22-10-18(2,16(23)25-3)15(21-22)12-4-6-13(19)7-5-12/h4-9H,10H2,1-3H3,(H,20,24). The summed E-state index contributed by atoms with van der Waals surface area (Å²) in [6.07, 6.45) is 0. The van der Waals surface area contributed by atoms with Crippen LogP contribution in [-0.2, 0) is 9.53 Å². The molecule has 1 aromatic carbocycles. The molecule has 2 aromatic rings. The van der Waals surface area contributed by atoms with Gasteiger partial charge in [-0.1, -0.05) is 23.7 Å². The van der Waals surface area contributed by atoms with E-state index in [9.17, 15) is 9.59 Å². The van der Waals surface area contributed by atoms with E-state index in [2.05, 4.69) is 10.4 Å². The normalized spacial score (nSPS) is 19.2. The highest BCUT2D eigenvalue weighted by Gasteiger charge is 2.48. The van der Waals surface area contributed by atoms with Crippen LogP contribution in [0.5, 0.6) is 0 Å². The maximum absolute atomic E-state index is 12.6. The summed E-state index contributed by atoms with van der Waals surface area (Å²) < 4.78 is 4.96. The Kier molecular flexibility index (Phi) is 5.02. The molecule has 6 nitrogen and oxygen atoms in total. The summed E-state index contributed by atoms with van der Waals surface area (Å²) in [6, 6.07) is 8.45. The van der Waals surface area contributed by atoms with Gasteiger partial charge in [-0.2, -0.15) is 5.10 Å². The number of halogens is 1. The van der Waals surface area contributed by atoms with Crippen molar-refractivity contribution in [2.24, 2.45) is 10.5 Å². The second-order valence-electron chi connectivity index (χ2n) is 6.26. The van der Waals surface area contributed by atoms with Crippen LogP contribution in [0.2, 0.25) is 5.02 Å². The molecule has 0 radical (unpaired) electrons. The first-order valence-electron chi connectivity index (χ1n) is 7.90. The molecule has 0 bridgehead atoms. The number of hydrazone groups is 1. The molecule has 0 fully saturated rings. The Balaban J connectivity index is 1.91. The van der Waals surface area contributed by atoms with E-state index in [0.717, 1.165) is 10.6 Å². The van der Waals surface area contributed by atoms with Crippen LogP contribution in [0, 0.1) is 12.3 Å². The van der Waals surface area contributed by atoms with Crippen molar-refractivity contribution in [3.63, 3.8) is 0 Å². The molecular weight excluding hydrogens is 374 g/mol. The van der Waals surface area contributed by atoms with Crippen molar-refractivity contribution in [3.8, 4) is 0 Å². The van der Waals surface area contributed by atoms with Crippen molar-refractivity contribution in [2.75, 3.05) is 19.0 Å². The summed E-state index contributed by atoms with van der Waals surface area (Å²) in [5.74, 6) is -0.450. The molecule has 1 aliphatic rings. The zero-order valence-electron chi connectivity index (χ0n) is 14.6. The number of nitrogens with zero attached hydrogens (tertiary/aromatic N) is 2. The second-order valence-corrected chi connectivity index (χ2v) is 7.60. The minimum Gasteiger partial charge on any atom is -0.468 e. The average Bonchev–Trinajstić information content (AvgIpc) is 3.19. The number of thiophene rings is 1. The van der Waals surface area contributed by atoms with Crippen LogP contribution in [-0.4, -0.2) is 36.4 Å². The van der Waals surface area contributed by atoms with Crippen LogP contribution in [0.15, 0.2) is 40.8 Å². The van der Waals surface area contributed by atoms with Gasteiger partial charge in [0.25, 0.3) is 0 Å². The first kappa shape index (κ1) is 18.4. The summed E-state index contributed by atoms with van der Waals surface area (Å²) in [6.45, 7) is 3.76. The van der Waals surface area contributed by atoms with Crippen LogP contribution in [0.25, 0.3) is 0 Å². The number of benzene rings is 1. The van der Waals surface area contributed by atoms with E-state index in [1.165, 1.54) is 23.5 Å². The molecule has 136 valence electrons. The number of methoxy groups -OCH3 is 1. The van der Waals surface area contributed by atoms with Crippen LogP contribution < -0.4 is 5.32 Å².